The number of methoxy groups -OCH3 is 1. The molecule has 0 fully saturated rings. The van der Waals surface area contributed by atoms with Crippen LogP contribution in [0.25, 0.3) is 0 Å². The van der Waals surface area contributed by atoms with Crippen LogP contribution in [0.1, 0.15) is 28.7 Å². The number of fused-ring (bicyclic) bond motifs is 1. The Balaban J connectivity index is 1.98. The number of ether oxygens (including phenoxy) is 1. The van der Waals surface area contributed by atoms with Crippen LogP contribution in [0, 0.1) is 6.92 Å². The molecular formula is C17H19NOS. The molecule has 3 heteroatoms. The van der Waals surface area contributed by atoms with E-state index in [0.717, 1.165) is 17.1 Å². The van der Waals surface area contributed by atoms with E-state index >= 15 is 0 Å². The summed E-state index contributed by atoms with van der Waals surface area (Å²) in [5.41, 5.74) is 10.3. The second kappa shape index (κ2) is 5.51. The van der Waals surface area contributed by atoms with Gasteiger partial charge in [-0.3, -0.25) is 0 Å². The number of thioether (sulfide) groups is 1. The zero-order valence-corrected chi connectivity index (χ0v) is 12.6. The van der Waals surface area contributed by atoms with E-state index < -0.39 is 0 Å². The van der Waals surface area contributed by atoms with Gasteiger partial charge in [-0.05, 0) is 24.6 Å². The van der Waals surface area contributed by atoms with Gasteiger partial charge in [0.25, 0.3) is 0 Å². The van der Waals surface area contributed by atoms with E-state index in [4.69, 9.17) is 10.5 Å². The summed E-state index contributed by atoms with van der Waals surface area (Å²) < 4.78 is 5.48. The van der Waals surface area contributed by atoms with Crippen molar-refractivity contribution in [3.63, 3.8) is 0 Å². The van der Waals surface area contributed by atoms with Gasteiger partial charge in [0.1, 0.15) is 5.75 Å². The van der Waals surface area contributed by atoms with E-state index in [-0.39, 0.29) is 6.04 Å². The highest BCUT2D eigenvalue weighted by atomic mass is 32.2. The monoisotopic (exact) mass is 285 g/mol. The van der Waals surface area contributed by atoms with Crippen molar-refractivity contribution in [3.05, 3.63) is 59.2 Å². The van der Waals surface area contributed by atoms with Crippen molar-refractivity contribution in [1.82, 2.24) is 0 Å². The van der Waals surface area contributed by atoms with Crippen LogP contribution in [-0.4, -0.2) is 12.9 Å². The molecular weight excluding hydrogens is 266 g/mol. The minimum Gasteiger partial charge on any atom is -0.496 e. The molecule has 2 aromatic rings. The van der Waals surface area contributed by atoms with E-state index in [2.05, 4.69) is 43.3 Å². The van der Waals surface area contributed by atoms with Gasteiger partial charge in [0.2, 0.25) is 0 Å². The van der Waals surface area contributed by atoms with Gasteiger partial charge in [0.15, 0.2) is 0 Å². The molecule has 0 radical (unpaired) electrons. The molecule has 0 saturated heterocycles. The Morgan fingerprint density at radius 2 is 2.05 bits per heavy atom. The highest BCUT2D eigenvalue weighted by molar-refractivity contribution is 7.99. The third kappa shape index (κ3) is 2.32. The van der Waals surface area contributed by atoms with Crippen molar-refractivity contribution in [2.75, 3.05) is 12.9 Å². The van der Waals surface area contributed by atoms with Crippen LogP contribution < -0.4 is 10.5 Å². The molecule has 3 rings (SSSR count). The zero-order valence-electron chi connectivity index (χ0n) is 11.8. The summed E-state index contributed by atoms with van der Waals surface area (Å²) in [6, 6.07) is 14.8. The van der Waals surface area contributed by atoms with Crippen molar-refractivity contribution >= 4 is 11.8 Å². The Labute approximate surface area is 124 Å². The molecule has 20 heavy (non-hydrogen) atoms. The van der Waals surface area contributed by atoms with E-state index in [1.54, 1.807) is 7.11 Å². The molecule has 2 nitrogen and oxygen atoms in total. The second-order valence-corrected chi connectivity index (χ2v) is 6.29. The number of aryl methyl sites for hydroxylation is 1. The number of hydrogen-bond acceptors (Lipinski definition) is 3. The lowest BCUT2D eigenvalue weighted by atomic mass is 9.88. The van der Waals surface area contributed by atoms with Gasteiger partial charge in [-0.2, -0.15) is 0 Å². The van der Waals surface area contributed by atoms with Crippen LogP contribution in [0.4, 0.5) is 0 Å². The van der Waals surface area contributed by atoms with Crippen LogP contribution in [0.15, 0.2) is 47.4 Å². The van der Waals surface area contributed by atoms with Gasteiger partial charge in [-0.1, -0.05) is 35.9 Å². The zero-order chi connectivity index (χ0) is 14.1. The summed E-state index contributed by atoms with van der Waals surface area (Å²) in [5.74, 6) is 2.28. The molecule has 0 spiro atoms. The molecule has 0 amide bonds. The average molecular weight is 285 g/mol. The molecule has 2 aromatic carbocycles. The fourth-order valence-corrected chi connectivity index (χ4v) is 4.12. The highest BCUT2D eigenvalue weighted by Gasteiger charge is 2.30. The third-order valence-corrected chi connectivity index (χ3v) is 5.12. The van der Waals surface area contributed by atoms with Crippen molar-refractivity contribution in [1.29, 1.82) is 0 Å². The van der Waals surface area contributed by atoms with Gasteiger partial charge in [0, 0.05) is 28.2 Å². The predicted octanol–water partition coefficient (Wildman–Crippen LogP) is 3.89. The lowest BCUT2D eigenvalue weighted by Gasteiger charge is -2.22. The maximum Gasteiger partial charge on any atom is 0.123 e. The summed E-state index contributed by atoms with van der Waals surface area (Å²) in [6.45, 7) is 2.09. The summed E-state index contributed by atoms with van der Waals surface area (Å²) >= 11 is 1.90. The minimum absolute atomic E-state index is 0.0269. The first kappa shape index (κ1) is 13.5. The third-order valence-electron chi connectivity index (χ3n) is 3.91. The number of rotatable bonds is 3. The Kier molecular flexibility index (Phi) is 3.72. The Bertz CT molecular complexity index is 626. The van der Waals surface area contributed by atoms with Gasteiger partial charge >= 0.3 is 0 Å². The van der Waals surface area contributed by atoms with E-state index in [0.29, 0.717) is 5.92 Å². The maximum atomic E-state index is 6.57. The SMILES string of the molecule is COc1ccc(C)cc1C(N)C1CSc2ccccc21. The highest BCUT2D eigenvalue weighted by Crippen LogP contribution is 2.46. The molecule has 0 aliphatic carbocycles. The molecule has 1 aliphatic heterocycles. The lowest BCUT2D eigenvalue weighted by Crippen LogP contribution is -2.20. The van der Waals surface area contributed by atoms with Gasteiger partial charge in [-0.25, -0.2) is 0 Å². The van der Waals surface area contributed by atoms with Crippen molar-refractivity contribution in [3.8, 4) is 5.75 Å². The van der Waals surface area contributed by atoms with Crippen molar-refractivity contribution < 1.29 is 4.74 Å². The van der Waals surface area contributed by atoms with E-state index in [1.165, 1.54) is 16.0 Å². The first-order valence-electron chi connectivity index (χ1n) is 6.82. The fourth-order valence-electron chi connectivity index (χ4n) is 2.82. The Hall–Kier alpha value is -1.45. The average Bonchev–Trinajstić information content (AvgIpc) is 2.90. The number of benzene rings is 2. The molecule has 1 aliphatic rings. The van der Waals surface area contributed by atoms with Crippen LogP contribution in [-0.2, 0) is 0 Å². The normalized spacial score (nSPS) is 18.6. The van der Waals surface area contributed by atoms with Crippen LogP contribution in [0.3, 0.4) is 0 Å². The lowest BCUT2D eigenvalue weighted by molar-refractivity contribution is 0.402. The molecule has 0 aromatic heterocycles. The van der Waals surface area contributed by atoms with Crippen LogP contribution in [0.2, 0.25) is 0 Å². The maximum absolute atomic E-state index is 6.57. The Morgan fingerprint density at radius 3 is 2.85 bits per heavy atom. The van der Waals surface area contributed by atoms with Gasteiger partial charge < -0.3 is 10.5 Å². The van der Waals surface area contributed by atoms with Gasteiger partial charge in [0.05, 0.1) is 7.11 Å². The molecule has 2 unspecified atom stereocenters. The number of hydrogen-bond donors (Lipinski definition) is 1. The van der Waals surface area contributed by atoms with Crippen molar-refractivity contribution in [2.24, 2.45) is 5.73 Å². The van der Waals surface area contributed by atoms with E-state index in [1.807, 2.05) is 17.8 Å². The largest absolute Gasteiger partial charge is 0.496 e. The summed E-state index contributed by atoms with van der Waals surface area (Å²) in [6.07, 6.45) is 0. The van der Waals surface area contributed by atoms with Gasteiger partial charge in [-0.15, -0.1) is 11.8 Å². The smallest absolute Gasteiger partial charge is 0.123 e. The molecule has 1 heterocycles. The molecule has 2 N–H and O–H groups in total. The van der Waals surface area contributed by atoms with E-state index in [9.17, 15) is 0 Å². The topological polar surface area (TPSA) is 35.2 Å². The van der Waals surface area contributed by atoms with Crippen LogP contribution >= 0.6 is 11.8 Å². The first-order chi connectivity index (χ1) is 9.70. The summed E-state index contributed by atoms with van der Waals surface area (Å²) in [4.78, 5) is 1.36. The first-order valence-corrected chi connectivity index (χ1v) is 7.81. The summed E-state index contributed by atoms with van der Waals surface area (Å²) in [5, 5.41) is 0. The predicted molar refractivity (Wildman–Crippen MR) is 84.6 cm³/mol. The quantitative estimate of drug-likeness (QED) is 0.929. The second-order valence-electron chi connectivity index (χ2n) is 5.23. The molecule has 0 saturated carbocycles. The summed E-state index contributed by atoms with van der Waals surface area (Å²) in [7, 11) is 1.71. The van der Waals surface area contributed by atoms with Crippen LogP contribution in [0.5, 0.6) is 5.75 Å². The fraction of sp³-hybridized carbons (Fsp3) is 0.294. The minimum atomic E-state index is -0.0269. The standard InChI is InChI=1S/C17H19NOS/c1-11-7-8-15(19-2)13(9-11)17(18)14-10-20-16-6-4-3-5-12(14)16/h3-9,14,17H,10,18H2,1-2H3. The molecule has 2 atom stereocenters. The number of nitrogens with two attached hydrogens (primary N) is 1. The van der Waals surface area contributed by atoms with Crippen molar-refractivity contribution in [2.45, 2.75) is 23.8 Å². The Morgan fingerprint density at radius 1 is 1.25 bits per heavy atom. The molecule has 104 valence electrons. The molecule has 0 bridgehead atoms.